The number of carbonyl (C=O) groups excluding carboxylic acids is 1. The molecule has 3 aromatic rings. The van der Waals surface area contributed by atoms with E-state index < -0.39 is 0 Å². The zero-order valence-corrected chi connectivity index (χ0v) is 20.9. The number of halogens is 2. The minimum Gasteiger partial charge on any atom is -0.454 e. The van der Waals surface area contributed by atoms with Crippen LogP contribution >= 0.6 is 11.6 Å². The summed E-state index contributed by atoms with van der Waals surface area (Å²) < 4.78 is 25.3. The molecule has 3 heterocycles. The monoisotopic (exact) mass is 520 g/mol. The summed E-state index contributed by atoms with van der Waals surface area (Å²) in [6.45, 7) is 3.02. The summed E-state index contributed by atoms with van der Waals surface area (Å²) in [5, 5.41) is 6.95. The van der Waals surface area contributed by atoms with Gasteiger partial charge in [-0.15, -0.1) is 0 Å². The van der Waals surface area contributed by atoms with Gasteiger partial charge in [-0.2, -0.15) is 5.10 Å². The molecule has 1 saturated heterocycles. The van der Waals surface area contributed by atoms with E-state index in [0.29, 0.717) is 54.8 Å². The van der Waals surface area contributed by atoms with Gasteiger partial charge in [-0.3, -0.25) is 9.69 Å². The quantitative estimate of drug-likeness (QED) is 0.488. The average Bonchev–Trinajstić information content (AvgIpc) is 3.57. The Morgan fingerprint density at radius 2 is 1.73 bits per heavy atom. The second-order valence-electron chi connectivity index (χ2n) is 9.31. The predicted molar refractivity (Wildman–Crippen MR) is 140 cm³/mol. The minimum atomic E-state index is -0.284. The Hall–Kier alpha value is -3.62. The van der Waals surface area contributed by atoms with Gasteiger partial charge in [-0.1, -0.05) is 48.0 Å². The second-order valence-corrected chi connectivity index (χ2v) is 9.72. The van der Waals surface area contributed by atoms with Gasteiger partial charge >= 0.3 is 0 Å². The van der Waals surface area contributed by atoms with Crippen molar-refractivity contribution in [3.63, 3.8) is 0 Å². The number of piperazine rings is 1. The van der Waals surface area contributed by atoms with Gasteiger partial charge in [0.1, 0.15) is 5.82 Å². The van der Waals surface area contributed by atoms with Gasteiger partial charge in [-0.05, 0) is 35.9 Å². The van der Waals surface area contributed by atoms with Crippen LogP contribution in [0.1, 0.15) is 23.6 Å². The van der Waals surface area contributed by atoms with E-state index >= 15 is 0 Å². The number of hydrazone groups is 1. The zero-order valence-electron chi connectivity index (χ0n) is 20.1. The number of carbonyl (C=O) groups is 1. The molecule has 0 unspecified atom stereocenters. The summed E-state index contributed by atoms with van der Waals surface area (Å²) >= 11 is 6.47. The number of fused-ring (bicyclic) bond motifs is 1. The first kappa shape index (κ1) is 23.8. The number of benzene rings is 3. The van der Waals surface area contributed by atoms with E-state index in [1.54, 1.807) is 17.1 Å². The van der Waals surface area contributed by atoms with E-state index in [2.05, 4.69) is 4.90 Å². The molecule has 0 N–H and O–H groups in total. The number of rotatable bonds is 5. The molecule has 0 aliphatic carbocycles. The van der Waals surface area contributed by atoms with Crippen LogP contribution < -0.4 is 14.4 Å². The first-order valence-corrected chi connectivity index (χ1v) is 12.7. The number of ether oxygens (including phenoxy) is 2. The van der Waals surface area contributed by atoms with Gasteiger partial charge in [0.05, 0.1) is 24.0 Å². The number of hydrogen-bond donors (Lipinski definition) is 0. The maximum Gasteiger partial charge on any atom is 0.257 e. The molecule has 0 spiro atoms. The van der Waals surface area contributed by atoms with Gasteiger partial charge in [0.25, 0.3) is 5.91 Å². The minimum absolute atomic E-state index is 0.0935. The lowest BCUT2D eigenvalue weighted by Crippen LogP contribution is -2.49. The van der Waals surface area contributed by atoms with Crippen LogP contribution in [-0.2, 0) is 4.79 Å². The Bertz CT molecular complexity index is 1360. The first-order valence-electron chi connectivity index (χ1n) is 12.3. The van der Waals surface area contributed by atoms with Crippen LogP contribution in [0.3, 0.4) is 0 Å². The summed E-state index contributed by atoms with van der Waals surface area (Å²) in [7, 11) is 0. The number of para-hydroxylation sites is 1. The molecule has 1 amide bonds. The van der Waals surface area contributed by atoms with Crippen LogP contribution in [0, 0.1) is 5.82 Å². The highest BCUT2D eigenvalue weighted by atomic mass is 35.5. The molecule has 1 fully saturated rings. The Balaban J connectivity index is 1.20. The summed E-state index contributed by atoms with van der Waals surface area (Å²) in [6, 6.07) is 19.8. The highest BCUT2D eigenvalue weighted by Crippen LogP contribution is 2.40. The largest absolute Gasteiger partial charge is 0.454 e. The first-order chi connectivity index (χ1) is 18.1. The molecule has 3 aliphatic heterocycles. The molecule has 7 nitrogen and oxygen atoms in total. The van der Waals surface area contributed by atoms with E-state index in [9.17, 15) is 9.18 Å². The number of amides is 1. The lowest BCUT2D eigenvalue weighted by atomic mass is 9.98. The van der Waals surface area contributed by atoms with Crippen LogP contribution in [0.25, 0.3) is 0 Å². The van der Waals surface area contributed by atoms with Crippen molar-refractivity contribution < 1.29 is 18.7 Å². The molecule has 1 atom stereocenters. The molecule has 0 saturated carbocycles. The molecule has 0 radical (unpaired) electrons. The third-order valence-corrected chi connectivity index (χ3v) is 7.39. The molecule has 0 bridgehead atoms. The molecule has 6 rings (SSSR count). The van der Waals surface area contributed by atoms with Gasteiger partial charge in [0.2, 0.25) is 6.79 Å². The van der Waals surface area contributed by atoms with Crippen molar-refractivity contribution in [1.29, 1.82) is 0 Å². The Kier molecular flexibility index (Phi) is 6.44. The number of nitrogens with zero attached hydrogens (tertiary/aromatic N) is 4. The zero-order chi connectivity index (χ0) is 25.4. The third-order valence-electron chi connectivity index (χ3n) is 7.06. The lowest BCUT2D eigenvalue weighted by Gasteiger charge is -2.36. The fraction of sp³-hybridized carbons (Fsp3) is 0.286. The van der Waals surface area contributed by atoms with E-state index in [0.717, 1.165) is 16.8 Å². The molecule has 190 valence electrons. The fourth-order valence-electron chi connectivity index (χ4n) is 5.10. The van der Waals surface area contributed by atoms with E-state index in [1.807, 2.05) is 53.4 Å². The van der Waals surface area contributed by atoms with Crippen LogP contribution in [-0.4, -0.2) is 61.0 Å². The number of anilines is 1. The van der Waals surface area contributed by atoms with Gasteiger partial charge in [0.15, 0.2) is 11.5 Å². The van der Waals surface area contributed by atoms with Crippen molar-refractivity contribution in [2.24, 2.45) is 5.10 Å². The van der Waals surface area contributed by atoms with Crippen LogP contribution in [0.15, 0.2) is 71.8 Å². The summed E-state index contributed by atoms with van der Waals surface area (Å²) in [5.41, 5.74) is 3.12. The highest BCUT2D eigenvalue weighted by molar-refractivity contribution is 6.34. The Morgan fingerprint density at radius 1 is 0.973 bits per heavy atom. The molecule has 37 heavy (non-hydrogen) atoms. The van der Waals surface area contributed by atoms with Gasteiger partial charge < -0.3 is 14.4 Å². The van der Waals surface area contributed by atoms with E-state index in [1.165, 1.54) is 6.07 Å². The molecule has 3 aromatic carbocycles. The topological polar surface area (TPSA) is 57.6 Å². The SMILES string of the molecule is O=C(CN1CCN(c2ccccc2F)CC1)N1N=C(c2ccccc2Cl)C[C@@H]1c1ccc2c(c1)OCO2. The maximum atomic E-state index is 14.2. The fourth-order valence-corrected chi connectivity index (χ4v) is 5.34. The molecular weight excluding hydrogens is 495 g/mol. The molecule has 0 aromatic heterocycles. The van der Waals surface area contributed by atoms with Gasteiger partial charge in [-0.25, -0.2) is 9.40 Å². The number of hydrogen-bond acceptors (Lipinski definition) is 6. The van der Waals surface area contributed by atoms with E-state index in [4.69, 9.17) is 26.2 Å². The third kappa shape index (κ3) is 4.74. The Labute approximate surface area is 219 Å². The average molecular weight is 521 g/mol. The van der Waals surface area contributed by atoms with E-state index in [-0.39, 0.29) is 31.1 Å². The van der Waals surface area contributed by atoms with Crippen LogP contribution in [0.4, 0.5) is 10.1 Å². The van der Waals surface area contributed by atoms with Crippen molar-refractivity contribution in [2.45, 2.75) is 12.5 Å². The van der Waals surface area contributed by atoms with Crippen molar-refractivity contribution in [1.82, 2.24) is 9.91 Å². The van der Waals surface area contributed by atoms with Gasteiger partial charge in [0, 0.05) is 43.2 Å². The predicted octanol–water partition coefficient (Wildman–Crippen LogP) is 4.71. The van der Waals surface area contributed by atoms with Crippen molar-refractivity contribution >= 4 is 28.9 Å². The highest BCUT2D eigenvalue weighted by Gasteiger charge is 2.35. The molecular formula is C28H26ClFN4O3. The molecule has 3 aliphatic rings. The smallest absolute Gasteiger partial charge is 0.257 e. The van der Waals surface area contributed by atoms with Crippen LogP contribution in [0.2, 0.25) is 5.02 Å². The second kappa shape index (κ2) is 10.0. The normalized spacial score (nSPS) is 19.3. The van der Waals surface area contributed by atoms with Crippen molar-refractivity contribution in [3.05, 3.63) is 88.7 Å². The summed E-state index contributed by atoms with van der Waals surface area (Å²) in [4.78, 5) is 17.7. The Morgan fingerprint density at radius 3 is 2.54 bits per heavy atom. The molecule has 9 heteroatoms. The standard InChI is InChI=1S/C28H26ClFN4O3/c29-21-6-2-1-5-20(21)23-16-25(19-9-10-26-27(15-19)37-18-36-26)34(31-23)28(35)17-32-11-13-33(14-12-32)24-8-4-3-7-22(24)30/h1-10,15,25H,11-14,16-18H2/t25-/m1/s1. The maximum absolute atomic E-state index is 14.2. The lowest BCUT2D eigenvalue weighted by molar-refractivity contribution is -0.134. The summed E-state index contributed by atoms with van der Waals surface area (Å²) in [5.74, 6) is 1.04. The summed E-state index contributed by atoms with van der Waals surface area (Å²) in [6.07, 6.45) is 0.538. The van der Waals surface area contributed by atoms with Crippen LogP contribution in [0.5, 0.6) is 11.5 Å². The van der Waals surface area contributed by atoms with Crippen molar-refractivity contribution in [2.75, 3.05) is 44.4 Å². The van der Waals surface area contributed by atoms with Crippen molar-refractivity contribution in [3.8, 4) is 11.5 Å².